The maximum absolute atomic E-state index is 9.46. The molecule has 0 radical (unpaired) electrons. The van der Waals surface area contributed by atoms with E-state index < -0.39 is 0 Å². The van der Waals surface area contributed by atoms with Gasteiger partial charge in [-0.05, 0) is 48.0 Å². The van der Waals surface area contributed by atoms with Gasteiger partial charge in [0.25, 0.3) is 0 Å². The molecule has 1 fully saturated rings. The van der Waals surface area contributed by atoms with E-state index in [-0.39, 0.29) is 17.3 Å². The molecule has 1 heterocycles. The van der Waals surface area contributed by atoms with Crippen LogP contribution in [0.15, 0.2) is 0 Å². The topological polar surface area (TPSA) is 32.7 Å². The first kappa shape index (κ1) is 13.9. The van der Waals surface area contributed by atoms with Crippen LogP contribution in [0.1, 0.15) is 48.0 Å². The minimum absolute atomic E-state index is 0.102. The molecule has 0 aromatic rings. The molecule has 1 N–H and O–H groups in total. The predicted octanol–water partition coefficient (Wildman–Crippen LogP) is 2.04. The van der Waals surface area contributed by atoms with Crippen molar-refractivity contribution in [3.63, 3.8) is 0 Å². The third kappa shape index (κ3) is 4.04. The Balaban J connectivity index is 2.66. The Morgan fingerprint density at radius 2 is 1.56 bits per heavy atom. The molecule has 1 saturated heterocycles. The SMILES string of the molecule is CC(O)CC(C)N1CC(C)(C)OC(C)(C)C1. The molecule has 1 aliphatic rings. The third-order valence-corrected chi connectivity index (χ3v) is 3.03. The largest absolute Gasteiger partial charge is 0.393 e. The highest BCUT2D eigenvalue weighted by atomic mass is 16.5. The van der Waals surface area contributed by atoms with Gasteiger partial charge < -0.3 is 9.84 Å². The number of morpholine rings is 1. The number of aliphatic hydroxyl groups excluding tert-OH is 1. The van der Waals surface area contributed by atoms with Crippen molar-refractivity contribution in [1.82, 2.24) is 4.90 Å². The maximum Gasteiger partial charge on any atom is 0.0760 e. The van der Waals surface area contributed by atoms with E-state index in [4.69, 9.17) is 4.74 Å². The predicted molar refractivity (Wildman–Crippen MR) is 66.6 cm³/mol. The second-order valence-electron chi connectivity index (χ2n) is 6.46. The minimum atomic E-state index is -0.232. The van der Waals surface area contributed by atoms with Crippen LogP contribution in [-0.2, 0) is 4.74 Å². The zero-order chi connectivity index (χ0) is 12.6. The fourth-order valence-corrected chi connectivity index (χ4v) is 2.80. The van der Waals surface area contributed by atoms with Crippen molar-refractivity contribution in [2.75, 3.05) is 13.1 Å². The van der Waals surface area contributed by atoms with Gasteiger partial charge in [0.2, 0.25) is 0 Å². The summed E-state index contributed by atoms with van der Waals surface area (Å²) in [6.07, 6.45) is 0.593. The minimum Gasteiger partial charge on any atom is -0.393 e. The highest BCUT2D eigenvalue weighted by Gasteiger charge is 2.39. The lowest BCUT2D eigenvalue weighted by atomic mass is 9.96. The number of hydrogen-bond donors (Lipinski definition) is 1. The van der Waals surface area contributed by atoms with E-state index in [1.165, 1.54) is 0 Å². The molecule has 0 saturated carbocycles. The summed E-state index contributed by atoms with van der Waals surface area (Å²) in [6.45, 7) is 14.4. The van der Waals surface area contributed by atoms with Crippen molar-refractivity contribution in [3.05, 3.63) is 0 Å². The van der Waals surface area contributed by atoms with Crippen LogP contribution in [0.5, 0.6) is 0 Å². The van der Waals surface area contributed by atoms with Crippen LogP contribution in [0.3, 0.4) is 0 Å². The van der Waals surface area contributed by atoms with Crippen molar-refractivity contribution in [2.45, 2.75) is 71.3 Å². The molecule has 1 rings (SSSR count). The molecule has 0 bridgehead atoms. The Bertz CT molecular complexity index is 220. The average molecular weight is 229 g/mol. The van der Waals surface area contributed by atoms with Gasteiger partial charge in [-0.15, -0.1) is 0 Å². The zero-order valence-electron chi connectivity index (χ0n) is 11.6. The first-order valence-electron chi connectivity index (χ1n) is 6.24. The van der Waals surface area contributed by atoms with Crippen LogP contribution >= 0.6 is 0 Å². The normalized spacial score (nSPS) is 28.7. The summed E-state index contributed by atoms with van der Waals surface area (Å²) in [5, 5.41) is 9.46. The molecule has 0 spiro atoms. The fraction of sp³-hybridized carbons (Fsp3) is 1.00. The summed E-state index contributed by atoms with van der Waals surface area (Å²) >= 11 is 0. The van der Waals surface area contributed by atoms with E-state index in [0.717, 1.165) is 19.5 Å². The van der Waals surface area contributed by atoms with Crippen LogP contribution in [0.2, 0.25) is 0 Å². The molecule has 2 unspecified atom stereocenters. The summed E-state index contributed by atoms with van der Waals surface area (Å²) in [7, 11) is 0. The molecule has 0 aromatic carbocycles. The Hall–Kier alpha value is -0.120. The first-order valence-corrected chi connectivity index (χ1v) is 6.24. The van der Waals surface area contributed by atoms with Gasteiger partial charge in [0.15, 0.2) is 0 Å². The standard InChI is InChI=1S/C13H27NO2/c1-10(7-11(2)15)14-8-12(3,4)16-13(5,6)9-14/h10-11,15H,7-9H2,1-6H3. The van der Waals surface area contributed by atoms with Crippen molar-refractivity contribution >= 4 is 0 Å². The van der Waals surface area contributed by atoms with E-state index in [9.17, 15) is 5.11 Å². The average Bonchev–Trinajstić information content (AvgIpc) is 1.96. The summed E-state index contributed by atoms with van der Waals surface area (Å²) < 4.78 is 6.04. The Morgan fingerprint density at radius 1 is 1.12 bits per heavy atom. The van der Waals surface area contributed by atoms with Gasteiger partial charge in [0.05, 0.1) is 17.3 Å². The summed E-state index contributed by atoms with van der Waals surface area (Å²) in [5.74, 6) is 0. The van der Waals surface area contributed by atoms with Gasteiger partial charge >= 0.3 is 0 Å². The third-order valence-electron chi connectivity index (χ3n) is 3.03. The van der Waals surface area contributed by atoms with Crippen molar-refractivity contribution in [3.8, 4) is 0 Å². The van der Waals surface area contributed by atoms with Gasteiger partial charge in [-0.25, -0.2) is 0 Å². The van der Waals surface area contributed by atoms with Gasteiger partial charge in [0.1, 0.15) is 0 Å². The van der Waals surface area contributed by atoms with Crippen molar-refractivity contribution in [2.24, 2.45) is 0 Å². The van der Waals surface area contributed by atoms with Crippen LogP contribution in [0.25, 0.3) is 0 Å². The molecule has 16 heavy (non-hydrogen) atoms. The van der Waals surface area contributed by atoms with Crippen LogP contribution in [-0.4, -0.2) is 46.4 Å². The number of rotatable bonds is 3. The molecule has 0 aliphatic carbocycles. The lowest BCUT2D eigenvalue weighted by Crippen LogP contribution is -2.59. The monoisotopic (exact) mass is 229 g/mol. The molecule has 1 aliphatic heterocycles. The van der Waals surface area contributed by atoms with Gasteiger partial charge in [-0.3, -0.25) is 4.90 Å². The summed E-state index contributed by atoms with van der Waals surface area (Å²) in [5.41, 5.74) is -0.205. The first-order chi connectivity index (χ1) is 7.11. The van der Waals surface area contributed by atoms with Gasteiger partial charge in [-0.2, -0.15) is 0 Å². The smallest absolute Gasteiger partial charge is 0.0760 e. The summed E-state index contributed by atoms with van der Waals surface area (Å²) in [6, 6.07) is 0.405. The number of nitrogens with zero attached hydrogens (tertiary/aromatic N) is 1. The number of ether oxygens (including phenoxy) is 1. The Morgan fingerprint density at radius 3 is 1.94 bits per heavy atom. The molecule has 2 atom stereocenters. The van der Waals surface area contributed by atoms with Gasteiger partial charge in [0, 0.05) is 19.1 Å². The van der Waals surface area contributed by atoms with E-state index >= 15 is 0 Å². The Kier molecular flexibility index (Phi) is 4.04. The number of hydrogen-bond acceptors (Lipinski definition) is 3. The summed E-state index contributed by atoms with van der Waals surface area (Å²) in [4.78, 5) is 2.43. The maximum atomic E-state index is 9.46. The van der Waals surface area contributed by atoms with Crippen LogP contribution in [0, 0.1) is 0 Å². The molecule has 0 amide bonds. The fourth-order valence-electron chi connectivity index (χ4n) is 2.80. The second kappa shape index (κ2) is 4.63. The Labute approximate surface area is 99.8 Å². The van der Waals surface area contributed by atoms with Crippen molar-refractivity contribution in [1.29, 1.82) is 0 Å². The molecular formula is C13H27NO2. The van der Waals surface area contributed by atoms with E-state index in [0.29, 0.717) is 6.04 Å². The van der Waals surface area contributed by atoms with Crippen LogP contribution in [0.4, 0.5) is 0 Å². The van der Waals surface area contributed by atoms with E-state index in [1.807, 2.05) is 6.92 Å². The highest BCUT2D eigenvalue weighted by Crippen LogP contribution is 2.29. The molecular weight excluding hydrogens is 202 g/mol. The second-order valence-corrected chi connectivity index (χ2v) is 6.46. The quantitative estimate of drug-likeness (QED) is 0.804. The highest BCUT2D eigenvalue weighted by molar-refractivity contribution is 4.91. The molecule has 3 nitrogen and oxygen atoms in total. The van der Waals surface area contributed by atoms with Gasteiger partial charge in [-0.1, -0.05) is 0 Å². The van der Waals surface area contributed by atoms with Crippen molar-refractivity contribution < 1.29 is 9.84 Å². The van der Waals surface area contributed by atoms with Crippen LogP contribution < -0.4 is 0 Å². The molecule has 96 valence electrons. The van der Waals surface area contributed by atoms with E-state index in [1.54, 1.807) is 0 Å². The molecule has 0 aromatic heterocycles. The zero-order valence-corrected chi connectivity index (χ0v) is 11.6. The number of aliphatic hydroxyl groups is 1. The van der Waals surface area contributed by atoms with E-state index in [2.05, 4.69) is 39.5 Å². The molecule has 3 heteroatoms. The lowest BCUT2D eigenvalue weighted by Gasteiger charge is -2.49. The lowest BCUT2D eigenvalue weighted by molar-refractivity contribution is -0.188.